The van der Waals surface area contributed by atoms with E-state index < -0.39 is 0 Å². The lowest BCUT2D eigenvalue weighted by Gasteiger charge is -1.98. The Morgan fingerprint density at radius 1 is 1.46 bits per heavy atom. The lowest BCUT2D eigenvalue weighted by molar-refractivity contribution is 0.491. The number of thioether (sulfide) groups is 1. The van der Waals surface area contributed by atoms with Crippen molar-refractivity contribution in [2.24, 2.45) is 0 Å². The molecule has 2 aromatic rings. The van der Waals surface area contributed by atoms with Gasteiger partial charge in [0.05, 0.1) is 4.70 Å². The highest BCUT2D eigenvalue weighted by atomic mass is 35.5. The Bertz CT molecular complexity index is 450. The number of hydrogen-bond donors (Lipinski definition) is 1. The van der Waals surface area contributed by atoms with Crippen molar-refractivity contribution in [3.05, 3.63) is 23.2 Å². The second-order valence-corrected chi connectivity index (χ2v) is 4.86. The maximum atomic E-state index is 9.35. The van der Waals surface area contributed by atoms with Gasteiger partial charge in [0.2, 0.25) is 0 Å². The quantitative estimate of drug-likeness (QED) is 0.748. The van der Waals surface area contributed by atoms with Crippen LogP contribution >= 0.6 is 34.7 Å². The van der Waals surface area contributed by atoms with E-state index in [1.54, 1.807) is 17.8 Å². The molecule has 0 bridgehead atoms. The van der Waals surface area contributed by atoms with Crippen molar-refractivity contribution in [3.8, 4) is 5.06 Å². The van der Waals surface area contributed by atoms with E-state index in [-0.39, 0.29) is 0 Å². The molecule has 68 valence electrons. The summed E-state index contributed by atoms with van der Waals surface area (Å²) in [5, 5.41) is 11.3. The molecule has 1 N–H and O–H groups in total. The average Bonchev–Trinajstić information content (AvgIpc) is 2.48. The van der Waals surface area contributed by atoms with Crippen molar-refractivity contribution in [1.29, 1.82) is 0 Å². The third-order valence-electron chi connectivity index (χ3n) is 1.80. The molecule has 0 aliphatic rings. The molecule has 0 fully saturated rings. The van der Waals surface area contributed by atoms with Crippen LogP contribution in [-0.4, -0.2) is 11.4 Å². The van der Waals surface area contributed by atoms with Gasteiger partial charge in [0.1, 0.15) is 0 Å². The minimum Gasteiger partial charge on any atom is -0.499 e. The molecule has 0 saturated heterocycles. The first kappa shape index (κ1) is 9.19. The molecule has 0 saturated carbocycles. The third kappa shape index (κ3) is 1.52. The fourth-order valence-electron chi connectivity index (χ4n) is 1.21. The average molecular weight is 231 g/mol. The van der Waals surface area contributed by atoms with Gasteiger partial charge in [-0.15, -0.1) is 11.8 Å². The van der Waals surface area contributed by atoms with Crippen molar-refractivity contribution < 1.29 is 5.11 Å². The van der Waals surface area contributed by atoms with Gasteiger partial charge < -0.3 is 5.11 Å². The number of benzene rings is 1. The van der Waals surface area contributed by atoms with E-state index in [9.17, 15) is 5.11 Å². The summed E-state index contributed by atoms with van der Waals surface area (Å²) in [6.07, 6.45) is 2.01. The molecule has 0 unspecified atom stereocenters. The van der Waals surface area contributed by atoms with Gasteiger partial charge >= 0.3 is 0 Å². The molecule has 4 heteroatoms. The number of halogens is 1. The van der Waals surface area contributed by atoms with Crippen LogP contribution in [0.2, 0.25) is 5.02 Å². The maximum absolute atomic E-state index is 9.35. The Hall–Kier alpha value is -0.380. The second-order valence-electron chi connectivity index (χ2n) is 2.58. The molecule has 0 aliphatic heterocycles. The summed E-state index contributed by atoms with van der Waals surface area (Å²) in [5.41, 5.74) is 0. The number of aromatic hydroxyl groups is 1. The monoisotopic (exact) mass is 230 g/mol. The molecule has 0 atom stereocenters. The van der Waals surface area contributed by atoms with E-state index in [0.717, 1.165) is 15.0 Å². The van der Waals surface area contributed by atoms with Gasteiger partial charge in [0.15, 0.2) is 5.06 Å². The zero-order valence-electron chi connectivity index (χ0n) is 6.87. The van der Waals surface area contributed by atoms with E-state index in [1.807, 2.05) is 18.4 Å². The third-order valence-corrected chi connectivity index (χ3v) is 4.01. The van der Waals surface area contributed by atoms with Gasteiger partial charge in [-0.1, -0.05) is 22.9 Å². The fourth-order valence-corrected chi connectivity index (χ4v) is 3.19. The summed E-state index contributed by atoms with van der Waals surface area (Å²) in [7, 11) is 0. The molecule has 1 nitrogen and oxygen atoms in total. The van der Waals surface area contributed by atoms with Gasteiger partial charge in [0.25, 0.3) is 0 Å². The zero-order valence-corrected chi connectivity index (χ0v) is 9.26. The van der Waals surface area contributed by atoms with Crippen LogP contribution in [0.1, 0.15) is 0 Å². The van der Waals surface area contributed by atoms with E-state index in [2.05, 4.69) is 0 Å². The highest BCUT2D eigenvalue weighted by molar-refractivity contribution is 7.99. The summed E-state index contributed by atoms with van der Waals surface area (Å²) < 4.78 is 1.07. The predicted octanol–water partition coefficient (Wildman–Crippen LogP) is 3.98. The van der Waals surface area contributed by atoms with Crippen LogP contribution < -0.4 is 0 Å². The van der Waals surface area contributed by atoms with Crippen molar-refractivity contribution in [1.82, 2.24) is 0 Å². The highest BCUT2D eigenvalue weighted by Crippen LogP contribution is 2.40. The summed E-state index contributed by atoms with van der Waals surface area (Å²) in [5.74, 6) is 0. The van der Waals surface area contributed by atoms with E-state index in [0.29, 0.717) is 10.1 Å². The molecule has 0 spiro atoms. The Morgan fingerprint density at radius 3 is 2.92 bits per heavy atom. The number of rotatable bonds is 1. The van der Waals surface area contributed by atoms with Gasteiger partial charge in [-0.05, 0) is 18.4 Å². The number of thiophene rings is 1. The highest BCUT2D eigenvalue weighted by Gasteiger charge is 2.08. The fraction of sp³-hybridized carbons (Fsp3) is 0.111. The molecule has 1 heterocycles. The van der Waals surface area contributed by atoms with Crippen molar-refractivity contribution in [2.75, 3.05) is 6.26 Å². The molecular weight excluding hydrogens is 224 g/mol. The first-order chi connectivity index (χ1) is 6.22. The maximum Gasteiger partial charge on any atom is 0.172 e. The standard InChI is InChI=1S/C9H7ClOS2/c1-12-7-3-2-6(10)5-4-8(11)13-9(5)7/h2-4,11H,1H3. The predicted molar refractivity (Wildman–Crippen MR) is 60.3 cm³/mol. The van der Waals surface area contributed by atoms with E-state index >= 15 is 0 Å². The van der Waals surface area contributed by atoms with Crippen LogP contribution in [0.5, 0.6) is 5.06 Å². The lowest BCUT2D eigenvalue weighted by atomic mass is 10.3. The number of fused-ring (bicyclic) bond motifs is 1. The Morgan fingerprint density at radius 2 is 2.23 bits per heavy atom. The van der Waals surface area contributed by atoms with E-state index in [1.165, 1.54) is 11.3 Å². The molecule has 0 radical (unpaired) electrons. The van der Waals surface area contributed by atoms with Gasteiger partial charge in [-0.2, -0.15) is 0 Å². The Labute approximate surface area is 89.3 Å². The van der Waals surface area contributed by atoms with Gasteiger partial charge in [-0.25, -0.2) is 0 Å². The topological polar surface area (TPSA) is 20.2 Å². The largest absolute Gasteiger partial charge is 0.499 e. The Kier molecular flexibility index (Phi) is 2.41. The molecule has 13 heavy (non-hydrogen) atoms. The summed E-state index contributed by atoms with van der Waals surface area (Å²) >= 11 is 9.01. The van der Waals surface area contributed by atoms with Crippen LogP contribution in [0.3, 0.4) is 0 Å². The first-order valence-electron chi connectivity index (χ1n) is 3.67. The second kappa shape index (κ2) is 3.40. The Balaban J connectivity index is 2.83. The lowest BCUT2D eigenvalue weighted by Crippen LogP contribution is -1.71. The van der Waals surface area contributed by atoms with E-state index in [4.69, 9.17) is 11.6 Å². The molecule has 1 aromatic carbocycles. The molecule has 2 rings (SSSR count). The van der Waals surface area contributed by atoms with Crippen LogP contribution in [0, 0.1) is 0 Å². The van der Waals surface area contributed by atoms with Crippen molar-refractivity contribution in [3.63, 3.8) is 0 Å². The van der Waals surface area contributed by atoms with Crippen LogP contribution in [-0.2, 0) is 0 Å². The van der Waals surface area contributed by atoms with Crippen molar-refractivity contribution >= 4 is 44.8 Å². The zero-order chi connectivity index (χ0) is 9.42. The smallest absolute Gasteiger partial charge is 0.172 e. The van der Waals surface area contributed by atoms with Gasteiger partial charge in [-0.3, -0.25) is 0 Å². The molecule has 0 aliphatic carbocycles. The van der Waals surface area contributed by atoms with Crippen LogP contribution in [0.15, 0.2) is 23.1 Å². The minimum atomic E-state index is 0.318. The van der Waals surface area contributed by atoms with Crippen LogP contribution in [0.4, 0.5) is 0 Å². The van der Waals surface area contributed by atoms with Crippen molar-refractivity contribution in [2.45, 2.75) is 4.90 Å². The first-order valence-corrected chi connectivity index (χ1v) is 6.09. The van der Waals surface area contributed by atoms with Crippen LogP contribution in [0.25, 0.3) is 10.1 Å². The number of hydrogen-bond acceptors (Lipinski definition) is 3. The summed E-state index contributed by atoms with van der Waals surface area (Å²) in [6, 6.07) is 5.55. The summed E-state index contributed by atoms with van der Waals surface area (Å²) in [4.78, 5) is 1.16. The SMILES string of the molecule is CSc1ccc(Cl)c2cc(O)sc12. The normalized spacial score (nSPS) is 10.9. The molecule has 1 aromatic heterocycles. The molecule has 0 amide bonds. The summed E-state index contributed by atoms with van der Waals surface area (Å²) in [6.45, 7) is 0. The molecular formula is C9H7ClOS2. The van der Waals surface area contributed by atoms with Gasteiger partial charge in [0, 0.05) is 21.4 Å². The minimum absolute atomic E-state index is 0.318.